The van der Waals surface area contributed by atoms with Gasteiger partial charge in [-0.2, -0.15) is 0 Å². The molecular formula is C19H12Cl3N3O4S. The Morgan fingerprint density at radius 1 is 1.03 bits per heavy atom. The highest BCUT2D eigenvalue weighted by molar-refractivity contribution is 7.80. The second kappa shape index (κ2) is 9.44. The molecule has 0 aromatic heterocycles. The van der Waals surface area contributed by atoms with E-state index in [-0.39, 0.29) is 33.1 Å². The summed E-state index contributed by atoms with van der Waals surface area (Å²) < 4.78 is 5.43. The van der Waals surface area contributed by atoms with E-state index in [4.69, 9.17) is 51.8 Å². The van der Waals surface area contributed by atoms with Crippen LogP contribution >= 0.6 is 47.0 Å². The molecule has 1 aliphatic heterocycles. The second-order valence-corrected chi connectivity index (χ2v) is 7.61. The molecule has 3 amide bonds. The maximum absolute atomic E-state index is 12.1. The summed E-state index contributed by atoms with van der Waals surface area (Å²) in [6, 6.07) is 9.46. The van der Waals surface area contributed by atoms with Crippen molar-refractivity contribution in [1.82, 2.24) is 10.6 Å². The Morgan fingerprint density at radius 3 is 2.17 bits per heavy atom. The van der Waals surface area contributed by atoms with Crippen molar-refractivity contribution in [2.75, 3.05) is 11.9 Å². The van der Waals surface area contributed by atoms with Crippen LogP contribution in [0.15, 0.2) is 42.0 Å². The average Bonchev–Trinajstić information content (AvgIpc) is 2.66. The highest BCUT2D eigenvalue weighted by Gasteiger charge is 2.26. The SMILES string of the molecule is O=C(COc1c(Cl)cc(C=C2C(=O)NC(=S)NC2=O)cc1Cl)Nc1ccc(Cl)cc1. The molecule has 154 valence electrons. The van der Waals surface area contributed by atoms with Crippen LogP contribution in [0.4, 0.5) is 5.69 Å². The first-order valence-corrected chi connectivity index (χ1v) is 9.83. The Morgan fingerprint density at radius 2 is 1.60 bits per heavy atom. The van der Waals surface area contributed by atoms with Crippen molar-refractivity contribution in [3.63, 3.8) is 0 Å². The minimum Gasteiger partial charge on any atom is -0.481 e. The summed E-state index contributed by atoms with van der Waals surface area (Å²) >= 11 is 22.9. The van der Waals surface area contributed by atoms with Crippen LogP contribution in [0.2, 0.25) is 15.1 Å². The van der Waals surface area contributed by atoms with Crippen molar-refractivity contribution in [3.8, 4) is 5.75 Å². The average molecular weight is 485 g/mol. The molecule has 0 aliphatic carbocycles. The number of carbonyl (C=O) groups is 3. The summed E-state index contributed by atoms with van der Waals surface area (Å²) in [7, 11) is 0. The molecule has 3 N–H and O–H groups in total. The van der Waals surface area contributed by atoms with Crippen LogP contribution < -0.4 is 20.7 Å². The number of amides is 3. The van der Waals surface area contributed by atoms with Crippen molar-refractivity contribution < 1.29 is 19.1 Å². The van der Waals surface area contributed by atoms with Crippen molar-refractivity contribution in [2.45, 2.75) is 0 Å². The first kappa shape index (κ1) is 22.0. The lowest BCUT2D eigenvalue weighted by Gasteiger charge is -2.16. The lowest BCUT2D eigenvalue weighted by Crippen LogP contribution is -2.51. The monoisotopic (exact) mass is 483 g/mol. The van der Waals surface area contributed by atoms with Gasteiger partial charge in [-0.05, 0) is 60.3 Å². The van der Waals surface area contributed by atoms with Gasteiger partial charge in [0.25, 0.3) is 17.7 Å². The molecule has 30 heavy (non-hydrogen) atoms. The Hall–Kier alpha value is -2.65. The molecule has 7 nitrogen and oxygen atoms in total. The first-order chi connectivity index (χ1) is 14.2. The fraction of sp³-hybridized carbons (Fsp3) is 0.0526. The number of anilines is 1. The van der Waals surface area contributed by atoms with E-state index in [1.807, 2.05) is 0 Å². The van der Waals surface area contributed by atoms with Gasteiger partial charge in [0.2, 0.25) is 0 Å². The molecule has 1 aliphatic rings. The fourth-order valence-electron chi connectivity index (χ4n) is 2.44. The zero-order chi connectivity index (χ0) is 21.8. The number of halogens is 3. The second-order valence-electron chi connectivity index (χ2n) is 5.95. The van der Waals surface area contributed by atoms with Crippen LogP contribution in [0.5, 0.6) is 5.75 Å². The van der Waals surface area contributed by atoms with E-state index in [1.54, 1.807) is 24.3 Å². The summed E-state index contributed by atoms with van der Waals surface area (Å²) in [5.41, 5.74) is 0.776. The van der Waals surface area contributed by atoms with Gasteiger partial charge >= 0.3 is 0 Å². The number of carbonyl (C=O) groups excluding carboxylic acids is 3. The molecular weight excluding hydrogens is 473 g/mol. The summed E-state index contributed by atoms with van der Waals surface area (Å²) in [5, 5.41) is 7.96. The number of hydrogen-bond acceptors (Lipinski definition) is 5. The van der Waals surface area contributed by atoms with E-state index in [2.05, 4.69) is 16.0 Å². The first-order valence-electron chi connectivity index (χ1n) is 8.28. The van der Waals surface area contributed by atoms with Crippen LogP contribution in [-0.4, -0.2) is 29.4 Å². The number of rotatable bonds is 5. The van der Waals surface area contributed by atoms with Gasteiger partial charge in [0, 0.05) is 10.7 Å². The predicted molar refractivity (Wildman–Crippen MR) is 119 cm³/mol. The van der Waals surface area contributed by atoms with Crippen LogP contribution in [-0.2, 0) is 14.4 Å². The molecule has 11 heteroatoms. The molecule has 0 radical (unpaired) electrons. The molecule has 2 aromatic rings. The molecule has 0 spiro atoms. The number of ether oxygens (including phenoxy) is 1. The molecule has 0 saturated carbocycles. The maximum atomic E-state index is 12.1. The van der Waals surface area contributed by atoms with Crippen molar-refractivity contribution in [3.05, 3.63) is 62.6 Å². The quantitative estimate of drug-likeness (QED) is 0.342. The van der Waals surface area contributed by atoms with Crippen LogP contribution in [0, 0.1) is 0 Å². The number of hydrogen-bond donors (Lipinski definition) is 3. The molecule has 1 saturated heterocycles. The van der Waals surface area contributed by atoms with Crippen LogP contribution in [0.3, 0.4) is 0 Å². The smallest absolute Gasteiger partial charge is 0.263 e. The Balaban J connectivity index is 1.70. The Kier molecular flexibility index (Phi) is 6.94. The van der Waals surface area contributed by atoms with E-state index in [9.17, 15) is 14.4 Å². The number of benzene rings is 2. The largest absolute Gasteiger partial charge is 0.481 e. The normalized spacial score (nSPS) is 13.4. The van der Waals surface area contributed by atoms with E-state index < -0.39 is 17.7 Å². The van der Waals surface area contributed by atoms with Crippen LogP contribution in [0.25, 0.3) is 6.08 Å². The van der Waals surface area contributed by atoms with Gasteiger partial charge in [-0.1, -0.05) is 34.8 Å². The van der Waals surface area contributed by atoms with E-state index in [0.717, 1.165) is 0 Å². The molecule has 3 rings (SSSR count). The molecule has 0 atom stereocenters. The zero-order valence-electron chi connectivity index (χ0n) is 14.9. The third-order valence-corrected chi connectivity index (χ3v) is 4.77. The van der Waals surface area contributed by atoms with E-state index in [1.165, 1.54) is 18.2 Å². The lowest BCUT2D eigenvalue weighted by molar-refractivity contribution is -0.123. The van der Waals surface area contributed by atoms with Crippen molar-refractivity contribution in [2.24, 2.45) is 0 Å². The lowest BCUT2D eigenvalue weighted by atomic mass is 10.1. The fourth-order valence-corrected chi connectivity index (χ4v) is 3.37. The summed E-state index contributed by atoms with van der Waals surface area (Å²) in [5.74, 6) is -1.63. The van der Waals surface area contributed by atoms with Gasteiger partial charge in [-0.15, -0.1) is 0 Å². The summed E-state index contributed by atoms with van der Waals surface area (Å²) in [6.45, 7) is -0.343. The molecule has 1 heterocycles. The zero-order valence-corrected chi connectivity index (χ0v) is 18.0. The maximum Gasteiger partial charge on any atom is 0.263 e. The third kappa shape index (κ3) is 5.48. The Bertz CT molecular complexity index is 1040. The van der Waals surface area contributed by atoms with E-state index >= 15 is 0 Å². The van der Waals surface area contributed by atoms with Crippen molar-refractivity contribution in [1.29, 1.82) is 0 Å². The van der Waals surface area contributed by atoms with Gasteiger partial charge in [0.15, 0.2) is 17.5 Å². The molecule has 0 unspecified atom stereocenters. The molecule has 1 fully saturated rings. The van der Waals surface area contributed by atoms with Gasteiger partial charge < -0.3 is 10.1 Å². The highest BCUT2D eigenvalue weighted by Crippen LogP contribution is 2.35. The minimum atomic E-state index is -0.643. The van der Waals surface area contributed by atoms with Gasteiger partial charge in [-0.25, -0.2) is 0 Å². The molecule has 2 aromatic carbocycles. The summed E-state index contributed by atoms with van der Waals surface area (Å²) in [6.07, 6.45) is 1.31. The third-order valence-electron chi connectivity index (χ3n) is 3.75. The number of nitrogens with one attached hydrogen (secondary N) is 3. The summed E-state index contributed by atoms with van der Waals surface area (Å²) in [4.78, 5) is 35.9. The topological polar surface area (TPSA) is 96.5 Å². The van der Waals surface area contributed by atoms with Crippen molar-refractivity contribution >= 4 is 81.6 Å². The molecule has 0 bridgehead atoms. The van der Waals surface area contributed by atoms with Gasteiger partial charge in [0.1, 0.15) is 5.57 Å². The predicted octanol–water partition coefficient (Wildman–Crippen LogP) is 3.58. The minimum absolute atomic E-state index is 0.0705. The highest BCUT2D eigenvalue weighted by atomic mass is 35.5. The van der Waals surface area contributed by atoms with Gasteiger partial charge in [-0.3, -0.25) is 25.0 Å². The Labute approximate surface area is 191 Å². The standard InChI is InChI=1S/C19H12Cl3N3O4S/c20-10-1-3-11(4-2-10)23-15(26)8-29-16-13(21)6-9(7-14(16)22)5-12-17(27)24-19(30)25-18(12)28/h1-7H,8H2,(H,23,26)(H2,24,25,27,28,30). The van der Waals surface area contributed by atoms with E-state index in [0.29, 0.717) is 16.3 Å². The van der Waals surface area contributed by atoms with Crippen LogP contribution in [0.1, 0.15) is 5.56 Å². The number of thiocarbonyl (C=S) groups is 1. The van der Waals surface area contributed by atoms with Gasteiger partial charge in [0.05, 0.1) is 10.0 Å².